The molecule has 3 heteroatoms. The van der Waals surface area contributed by atoms with Gasteiger partial charge >= 0.3 is 5.97 Å². The molecule has 1 aliphatic carbocycles. The van der Waals surface area contributed by atoms with E-state index in [-0.39, 0.29) is 17.6 Å². The van der Waals surface area contributed by atoms with Crippen molar-refractivity contribution in [2.75, 3.05) is 0 Å². The first-order chi connectivity index (χ1) is 6.96. The van der Waals surface area contributed by atoms with Crippen molar-refractivity contribution in [1.82, 2.24) is 5.32 Å². The molecule has 0 bridgehead atoms. The molecule has 2 fully saturated rings. The van der Waals surface area contributed by atoms with E-state index in [1.54, 1.807) is 0 Å². The predicted octanol–water partition coefficient (Wildman–Crippen LogP) is 1.86. The minimum atomic E-state index is -0.365. The van der Waals surface area contributed by atoms with E-state index in [1.165, 1.54) is 19.3 Å². The molecule has 3 atom stereocenters. The average Bonchev–Trinajstić information content (AvgIpc) is 2.56. The molecule has 1 saturated carbocycles. The SMILES string of the molecule is CC(C)(C)OC(=O)[C@H]1C[C@H]2CCC[C@H]2N1. The molecule has 1 heterocycles. The van der Waals surface area contributed by atoms with Crippen LogP contribution in [0.5, 0.6) is 0 Å². The molecule has 0 unspecified atom stereocenters. The number of carbonyl (C=O) groups is 1. The molecule has 0 amide bonds. The summed E-state index contributed by atoms with van der Waals surface area (Å²) in [4.78, 5) is 11.8. The largest absolute Gasteiger partial charge is 0.459 e. The van der Waals surface area contributed by atoms with Crippen molar-refractivity contribution < 1.29 is 9.53 Å². The lowest BCUT2D eigenvalue weighted by Gasteiger charge is -2.22. The van der Waals surface area contributed by atoms with Crippen LogP contribution in [0, 0.1) is 5.92 Å². The van der Waals surface area contributed by atoms with Crippen LogP contribution in [0.4, 0.5) is 0 Å². The molecule has 0 aromatic carbocycles. The Morgan fingerprint density at radius 1 is 1.33 bits per heavy atom. The minimum Gasteiger partial charge on any atom is -0.459 e. The van der Waals surface area contributed by atoms with Crippen LogP contribution in [0.3, 0.4) is 0 Å². The second-order valence-corrected chi connectivity index (χ2v) is 5.79. The van der Waals surface area contributed by atoms with Gasteiger partial charge in [0.15, 0.2) is 0 Å². The minimum absolute atomic E-state index is 0.0560. The van der Waals surface area contributed by atoms with Crippen molar-refractivity contribution in [3.63, 3.8) is 0 Å². The number of carbonyl (C=O) groups excluding carboxylic acids is 1. The summed E-state index contributed by atoms with van der Waals surface area (Å²) in [5, 5.41) is 3.40. The van der Waals surface area contributed by atoms with Crippen molar-refractivity contribution in [3.8, 4) is 0 Å². The van der Waals surface area contributed by atoms with Crippen molar-refractivity contribution in [1.29, 1.82) is 0 Å². The van der Waals surface area contributed by atoms with Crippen LogP contribution in [0.1, 0.15) is 46.5 Å². The Bertz CT molecular complexity index is 245. The first-order valence-electron chi connectivity index (χ1n) is 5.94. The third-order valence-corrected chi connectivity index (χ3v) is 3.30. The van der Waals surface area contributed by atoms with Crippen LogP contribution in [0.15, 0.2) is 0 Å². The van der Waals surface area contributed by atoms with Gasteiger partial charge in [-0.25, -0.2) is 0 Å². The fourth-order valence-corrected chi connectivity index (χ4v) is 2.70. The molecule has 3 nitrogen and oxygen atoms in total. The van der Waals surface area contributed by atoms with Gasteiger partial charge in [-0.2, -0.15) is 0 Å². The number of hydrogen-bond donors (Lipinski definition) is 1. The molecule has 15 heavy (non-hydrogen) atoms. The molecule has 1 N–H and O–H groups in total. The van der Waals surface area contributed by atoms with Gasteiger partial charge in [0.2, 0.25) is 0 Å². The standard InChI is InChI=1S/C12H21NO2/c1-12(2,3)15-11(14)10-7-8-5-4-6-9(8)13-10/h8-10,13H,4-7H2,1-3H3/t8-,9-,10-/m1/s1. The summed E-state index contributed by atoms with van der Waals surface area (Å²) >= 11 is 0. The summed E-state index contributed by atoms with van der Waals surface area (Å²) in [7, 11) is 0. The highest BCUT2D eigenvalue weighted by atomic mass is 16.6. The van der Waals surface area contributed by atoms with Crippen LogP contribution in [0.2, 0.25) is 0 Å². The average molecular weight is 211 g/mol. The highest BCUT2D eigenvalue weighted by Gasteiger charge is 2.41. The normalized spacial score (nSPS) is 35.3. The summed E-state index contributed by atoms with van der Waals surface area (Å²) in [5.74, 6) is 0.638. The number of fused-ring (bicyclic) bond motifs is 1. The van der Waals surface area contributed by atoms with Crippen LogP contribution in [-0.2, 0) is 9.53 Å². The van der Waals surface area contributed by atoms with Crippen molar-refractivity contribution in [2.24, 2.45) is 5.92 Å². The quantitative estimate of drug-likeness (QED) is 0.673. The predicted molar refractivity (Wildman–Crippen MR) is 58.5 cm³/mol. The highest BCUT2D eigenvalue weighted by Crippen LogP contribution is 2.35. The summed E-state index contributed by atoms with van der Waals surface area (Å²) in [5.41, 5.74) is -0.365. The van der Waals surface area contributed by atoms with E-state index in [0.717, 1.165) is 6.42 Å². The topological polar surface area (TPSA) is 38.3 Å². The van der Waals surface area contributed by atoms with E-state index in [4.69, 9.17) is 4.74 Å². The second kappa shape index (κ2) is 3.78. The second-order valence-electron chi connectivity index (χ2n) is 5.79. The van der Waals surface area contributed by atoms with Crippen molar-refractivity contribution >= 4 is 5.97 Å². The summed E-state index contributed by atoms with van der Waals surface area (Å²) in [6.07, 6.45) is 4.78. The van der Waals surface area contributed by atoms with Gasteiger partial charge in [-0.05, 0) is 46.0 Å². The van der Waals surface area contributed by atoms with E-state index in [2.05, 4.69) is 5.32 Å². The van der Waals surface area contributed by atoms with E-state index >= 15 is 0 Å². The van der Waals surface area contributed by atoms with E-state index < -0.39 is 0 Å². The molecule has 0 aromatic rings. The third kappa shape index (κ3) is 2.51. The maximum absolute atomic E-state index is 11.8. The first kappa shape index (κ1) is 10.9. The molecule has 2 rings (SSSR count). The zero-order chi connectivity index (χ0) is 11.1. The Kier molecular flexibility index (Phi) is 2.75. The smallest absolute Gasteiger partial charge is 0.323 e. The van der Waals surface area contributed by atoms with Gasteiger partial charge in [0, 0.05) is 6.04 Å². The molecule has 1 saturated heterocycles. The van der Waals surface area contributed by atoms with Gasteiger partial charge in [0.25, 0.3) is 0 Å². The number of nitrogens with one attached hydrogen (secondary N) is 1. The molecule has 1 aliphatic heterocycles. The van der Waals surface area contributed by atoms with Gasteiger partial charge in [-0.15, -0.1) is 0 Å². The van der Waals surface area contributed by atoms with Crippen molar-refractivity contribution in [2.45, 2.75) is 64.1 Å². The molecule has 0 spiro atoms. The molecule has 2 aliphatic rings. The van der Waals surface area contributed by atoms with Crippen molar-refractivity contribution in [3.05, 3.63) is 0 Å². The van der Waals surface area contributed by atoms with E-state index in [1.807, 2.05) is 20.8 Å². The van der Waals surface area contributed by atoms with Gasteiger partial charge in [0.1, 0.15) is 11.6 Å². The Balaban J connectivity index is 1.88. The van der Waals surface area contributed by atoms with Gasteiger partial charge in [-0.3, -0.25) is 4.79 Å². The van der Waals surface area contributed by atoms with Gasteiger partial charge < -0.3 is 10.1 Å². The monoisotopic (exact) mass is 211 g/mol. The maximum atomic E-state index is 11.8. The number of hydrogen-bond acceptors (Lipinski definition) is 3. The first-order valence-corrected chi connectivity index (χ1v) is 5.94. The lowest BCUT2D eigenvalue weighted by molar-refractivity contribution is -0.157. The van der Waals surface area contributed by atoms with Crippen LogP contribution in [-0.4, -0.2) is 23.7 Å². The molecular weight excluding hydrogens is 190 g/mol. The molecule has 0 radical (unpaired) electrons. The fourth-order valence-electron chi connectivity index (χ4n) is 2.70. The van der Waals surface area contributed by atoms with Gasteiger partial charge in [-0.1, -0.05) is 6.42 Å². The third-order valence-electron chi connectivity index (χ3n) is 3.30. The number of esters is 1. The lowest BCUT2D eigenvalue weighted by atomic mass is 10.0. The Morgan fingerprint density at radius 2 is 2.07 bits per heavy atom. The van der Waals surface area contributed by atoms with E-state index in [0.29, 0.717) is 12.0 Å². The number of ether oxygens (including phenoxy) is 1. The van der Waals surface area contributed by atoms with Gasteiger partial charge in [0.05, 0.1) is 0 Å². The Hall–Kier alpha value is -0.570. The number of rotatable bonds is 1. The highest BCUT2D eigenvalue weighted by molar-refractivity contribution is 5.76. The zero-order valence-electron chi connectivity index (χ0n) is 9.88. The van der Waals surface area contributed by atoms with Crippen LogP contribution >= 0.6 is 0 Å². The zero-order valence-corrected chi connectivity index (χ0v) is 9.88. The van der Waals surface area contributed by atoms with Crippen LogP contribution < -0.4 is 5.32 Å². The maximum Gasteiger partial charge on any atom is 0.323 e. The fraction of sp³-hybridized carbons (Fsp3) is 0.917. The summed E-state index contributed by atoms with van der Waals surface area (Å²) in [6.45, 7) is 5.75. The Labute approximate surface area is 91.6 Å². The Morgan fingerprint density at radius 3 is 2.67 bits per heavy atom. The summed E-state index contributed by atoms with van der Waals surface area (Å²) < 4.78 is 5.39. The lowest BCUT2D eigenvalue weighted by Crippen LogP contribution is -2.39. The molecule has 0 aromatic heterocycles. The van der Waals surface area contributed by atoms with E-state index in [9.17, 15) is 4.79 Å². The van der Waals surface area contributed by atoms with Crippen LogP contribution in [0.25, 0.3) is 0 Å². The molecular formula is C12H21NO2. The summed E-state index contributed by atoms with van der Waals surface area (Å²) in [6, 6.07) is 0.516. The molecule has 86 valence electrons.